The van der Waals surface area contributed by atoms with Gasteiger partial charge in [-0.3, -0.25) is 0 Å². The van der Waals surface area contributed by atoms with Crippen LogP contribution in [0.5, 0.6) is 0 Å². The van der Waals surface area contributed by atoms with E-state index in [0.717, 1.165) is 18.4 Å². The number of carboxylic acid groups (broad SMARTS) is 1. The second-order valence-corrected chi connectivity index (χ2v) is 3.48. The van der Waals surface area contributed by atoms with E-state index in [-0.39, 0.29) is 6.42 Å². The maximum Gasteiger partial charge on any atom is 0.0458 e. The van der Waals surface area contributed by atoms with Crippen LogP contribution in [0, 0.1) is 0 Å². The van der Waals surface area contributed by atoms with Gasteiger partial charge in [0.1, 0.15) is 0 Å². The fraction of sp³-hybridized carbons (Fsp3) is 0.308. The molecule has 1 rings (SSSR count). The fourth-order valence-electron chi connectivity index (χ4n) is 1.48. The van der Waals surface area contributed by atoms with Crippen LogP contribution in [-0.4, -0.2) is 5.97 Å². The van der Waals surface area contributed by atoms with Gasteiger partial charge in [0.2, 0.25) is 0 Å². The van der Waals surface area contributed by atoms with E-state index >= 15 is 0 Å². The minimum absolute atomic E-state index is 0.00252. The van der Waals surface area contributed by atoms with Gasteiger partial charge < -0.3 is 9.90 Å². The molecule has 2 nitrogen and oxygen atoms in total. The largest absolute Gasteiger partial charge is 0.550 e. The van der Waals surface area contributed by atoms with Crippen LogP contribution in [0.3, 0.4) is 0 Å². The summed E-state index contributed by atoms with van der Waals surface area (Å²) in [6.45, 7) is 1.99. The van der Waals surface area contributed by atoms with Crippen LogP contribution in [0.25, 0.3) is 0 Å². The first-order valence-electron chi connectivity index (χ1n) is 5.11. The van der Waals surface area contributed by atoms with E-state index in [1.165, 1.54) is 5.56 Å². The molecule has 0 unspecified atom stereocenters. The Hall–Kier alpha value is -1.57. The Bertz CT molecular complexity index is 353. The highest BCUT2D eigenvalue weighted by atomic mass is 16.4. The summed E-state index contributed by atoms with van der Waals surface area (Å²) in [4.78, 5) is 10.4. The maximum absolute atomic E-state index is 10.4. The zero-order valence-electron chi connectivity index (χ0n) is 8.90. The molecule has 1 aromatic rings. The predicted octanol–water partition coefficient (Wildman–Crippen LogP) is 1.49. The fourth-order valence-corrected chi connectivity index (χ4v) is 1.48. The van der Waals surface area contributed by atoms with Gasteiger partial charge in [0, 0.05) is 12.4 Å². The molecule has 0 amide bonds. The maximum atomic E-state index is 10.4. The van der Waals surface area contributed by atoms with Gasteiger partial charge >= 0.3 is 0 Å². The monoisotopic (exact) mass is 203 g/mol. The molecule has 0 fully saturated rings. The Balaban J connectivity index is 2.61. The predicted molar refractivity (Wildman–Crippen MR) is 58.3 cm³/mol. The first kappa shape index (κ1) is 11.5. The lowest BCUT2D eigenvalue weighted by Gasteiger charge is -2.04. The molecule has 1 aromatic carbocycles. The second-order valence-electron chi connectivity index (χ2n) is 3.48. The number of carbonyl (C=O) groups is 1. The Morgan fingerprint density at radius 3 is 2.80 bits per heavy atom. The van der Waals surface area contributed by atoms with Crippen molar-refractivity contribution in [3.63, 3.8) is 0 Å². The SMILES string of the molecule is C/C=C\CCc1cccc(CC(=O)[O-])c1. The Labute approximate surface area is 90.3 Å². The zero-order valence-corrected chi connectivity index (χ0v) is 8.90. The van der Waals surface area contributed by atoms with Crippen molar-refractivity contribution in [1.82, 2.24) is 0 Å². The Morgan fingerprint density at radius 2 is 2.13 bits per heavy atom. The minimum Gasteiger partial charge on any atom is -0.550 e. The standard InChI is InChI=1S/C13H16O2/c1-2-3-4-6-11-7-5-8-12(9-11)10-13(14)15/h2-3,5,7-9H,4,6,10H2,1H3,(H,14,15)/p-1/b3-2-. The van der Waals surface area contributed by atoms with Crippen LogP contribution in [0.15, 0.2) is 36.4 Å². The van der Waals surface area contributed by atoms with Crippen LogP contribution in [0.1, 0.15) is 24.5 Å². The van der Waals surface area contributed by atoms with Crippen LogP contribution in [-0.2, 0) is 17.6 Å². The second kappa shape index (κ2) is 6.02. The molecule has 0 atom stereocenters. The quantitative estimate of drug-likeness (QED) is 0.680. The number of carboxylic acids is 1. The molecule has 0 saturated carbocycles. The number of hydrogen-bond acceptors (Lipinski definition) is 2. The molecule has 15 heavy (non-hydrogen) atoms. The van der Waals surface area contributed by atoms with Crippen LogP contribution in [0.2, 0.25) is 0 Å². The highest BCUT2D eigenvalue weighted by Crippen LogP contribution is 2.08. The van der Waals surface area contributed by atoms with Crippen molar-refractivity contribution in [3.8, 4) is 0 Å². The third-order valence-corrected chi connectivity index (χ3v) is 2.18. The number of aliphatic carboxylic acids is 1. The summed E-state index contributed by atoms with van der Waals surface area (Å²) in [5, 5.41) is 10.4. The molecule has 2 heteroatoms. The molecule has 0 aliphatic rings. The minimum atomic E-state index is -1.03. The lowest BCUT2D eigenvalue weighted by atomic mass is 10.0. The summed E-state index contributed by atoms with van der Waals surface area (Å²) >= 11 is 0. The van der Waals surface area contributed by atoms with E-state index in [1.54, 1.807) is 0 Å². The van der Waals surface area contributed by atoms with Gasteiger partial charge in [-0.1, -0.05) is 36.4 Å². The summed E-state index contributed by atoms with van der Waals surface area (Å²) in [6, 6.07) is 7.65. The third-order valence-electron chi connectivity index (χ3n) is 2.18. The number of benzene rings is 1. The summed E-state index contributed by atoms with van der Waals surface area (Å²) in [6.07, 6.45) is 6.06. The van der Waals surface area contributed by atoms with Crippen molar-refractivity contribution < 1.29 is 9.90 Å². The van der Waals surface area contributed by atoms with Crippen LogP contribution < -0.4 is 5.11 Å². The average molecular weight is 203 g/mol. The molecule has 0 aromatic heterocycles. The van der Waals surface area contributed by atoms with Gasteiger partial charge in [0.05, 0.1) is 0 Å². The molecule has 0 saturated heterocycles. The lowest BCUT2D eigenvalue weighted by Crippen LogP contribution is -2.24. The average Bonchev–Trinajstić information content (AvgIpc) is 2.18. The van der Waals surface area contributed by atoms with Crippen LogP contribution in [0.4, 0.5) is 0 Å². The number of hydrogen-bond donors (Lipinski definition) is 0. The summed E-state index contributed by atoms with van der Waals surface area (Å²) < 4.78 is 0. The van der Waals surface area contributed by atoms with Gasteiger partial charge in [-0.2, -0.15) is 0 Å². The van der Waals surface area contributed by atoms with Gasteiger partial charge in [-0.25, -0.2) is 0 Å². The van der Waals surface area contributed by atoms with Crippen LogP contribution >= 0.6 is 0 Å². The summed E-state index contributed by atoms with van der Waals surface area (Å²) in [7, 11) is 0. The van der Waals surface area contributed by atoms with E-state index in [2.05, 4.69) is 6.08 Å². The van der Waals surface area contributed by atoms with E-state index in [0.29, 0.717) is 0 Å². The molecule has 0 aliphatic heterocycles. The third kappa shape index (κ3) is 4.45. The van der Waals surface area contributed by atoms with Gasteiger partial charge in [-0.15, -0.1) is 0 Å². The van der Waals surface area contributed by atoms with Gasteiger partial charge in [0.15, 0.2) is 0 Å². The number of aryl methyl sites for hydroxylation is 1. The highest BCUT2D eigenvalue weighted by Gasteiger charge is 1.96. The zero-order chi connectivity index (χ0) is 11.1. The lowest BCUT2D eigenvalue weighted by molar-refractivity contribution is -0.304. The number of rotatable bonds is 5. The van der Waals surface area contributed by atoms with E-state index < -0.39 is 5.97 Å². The smallest absolute Gasteiger partial charge is 0.0458 e. The Kier molecular flexibility index (Phi) is 4.61. The topological polar surface area (TPSA) is 40.1 Å². The molecule has 0 spiro atoms. The first-order valence-corrected chi connectivity index (χ1v) is 5.11. The van der Waals surface area contributed by atoms with Gasteiger partial charge in [0.25, 0.3) is 0 Å². The molecular formula is C13H15O2-. The Morgan fingerprint density at radius 1 is 1.40 bits per heavy atom. The number of allylic oxidation sites excluding steroid dienone is 2. The van der Waals surface area contributed by atoms with Crippen molar-refractivity contribution in [2.75, 3.05) is 0 Å². The molecule has 0 bridgehead atoms. The van der Waals surface area contributed by atoms with E-state index in [9.17, 15) is 9.90 Å². The van der Waals surface area contributed by atoms with E-state index in [4.69, 9.17) is 0 Å². The highest BCUT2D eigenvalue weighted by molar-refractivity contribution is 5.67. The van der Waals surface area contributed by atoms with Crippen molar-refractivity contribution in [1.29, 1.82) is 0 Å². The molecule has 0 N–H and O–H groups in total. The normalized spacial score (nSPS) is 10.7. The molecule has 80 valence electrons. The molecule has 0 radical (unpaired) electrons. The summed E-state index contributed by atoms with van der Waals surface area (Å²) in [5.41, 5.74) is 1.99. The first-order chi connectivity index (χ1) is 7.22. The number of carbonyl (C=O) groups excluding carboxylic acids is 1. The van der Waals surface area contributed by atoms with Crippen molar-refractivity contribution in [2.24, 2.45) is 0 Å². The molecule has 0 aliphatic carbocycles. The van der Waals surface area contributed by atoms with Gasteiger partial charge in [-0.05, 0) is 30.9 Å². The summed E-state index contributed by atoms with van der Waals surface area (Å²) in [5.74, 6) is -1.03. The molecule has 0 heterocycles. The van der Waals surface area contributed by atoms with Crippen molar-refractivity contribution in [3.05, 3.63) is 47.5 Å². The van der Waals surface area contributed by atoms with E-state index in [1.807, 2.05) is 37.3 Å². The van der Waals surface area contributed by atoms with Crippen molar-refractivity contribution >= 4 is 5.97 Å². The molecular weight excluding hydrogens is 188 g/mol. The van der Waals surface area contributed by atoms with Crippen molar-refractivity contribution in [2.45, 2.75) is 26.2 Å².